The van der Waals surface area contributed by atoms with E-state index in [1.165, 1.54) is 6.33 Å². The molecule has 0 aliphatic carbocycles. The Bertz CT molecular complexity index is 1320. The van der Waals surface area contributed by atoms with E-state index in [-0.39, 0.29) is 6.54 Å². The molecule has 0 spiro atoms. The molecule has 162 valence electrons. The van der Waals surface area contributed by atoms with Gasteiger partial charge >= 0.3 is 0 Å². The molecule has 1 N–H and O–H groups in total. The Labute approximate surface area is 187 Å². The lowest BCUT2D eigenvalue weighted by Gasteiger charge is -2.14. The SMILES string of the molecule is O=C(CN1C(=O)c2ccccc2C1=O)Nc1ccc(Oc2cc(-n3cccn3)ncn2)cc1. The van der Waals surface area contributed by atoms with Gasteiger partial charge < -0.3 is 10.1 Å². The van der Waals surface area contributed by atoms with Gasteiger partial charge in [-0.15, -0.1) is 0 Å². The Balaban J connectivity index is 1.21. The van der Waals surface area contributed by atoms with Gasteiger partial charge in [0.15, 0.2) is 5.82 Å². The average molecular weight is 440 g/mol. The highest BCUT2D eigenvalue weighted by molar-refractivity contribution is 6.22. The number of carbonyl (C=O) groups is 3. The Morgan fingerprint density at radius 2 is 1.67 bits per heavy atom. The number of amides is 3. The first-order valence-electron chi connectivity index (χ1n) is 9.93. The van der Waals surface area contributed by atoms with Gasteiger partial charge in [-0.2, -0.15) is 5.10 Å². The molecule has 1 aliphatic heterocycles. The van der Waals surface area contributed by atoms with Crippen molar-refractivity contribution in [2.75, 3.05) is 11.9 Å². The summed E-state index contributed by atoms with van der Waals surface area (Å²) in [5.74, 6) is -0.0566. The third kappa shape index (κ3) is 4.04. The van der Waals surface area contributed by atoms with Crippen molar-refractivity contribution in [3.8, 4) is 17.4 Å². The number of aromatic nitrogens is 4. The van der Waals surface area contributed by atoms with E-state index in [0.29, 0.717) is 34.3 Å². The van der Waals surface area contributed by atoms with E-state index < -0.39 is 17.7 Å². The molecule has 3 heterocycles. The lowest BCUT2D eigenvalue weighted by Crippen LogP contribution is -2.37. The first-order chi connectivity index (χ1) is 16.1. The maximum Gasteiger partial charge on any atom is 0.262 e. The van der Waals surface area contributed by atoms with Crippen molar-refractivity contribution in [3.63, 3.8) is 0 Å². The fraction of sp³-hybridized carbons (Fsp3) is 0.0435. The van der Waals surface area contributed by atoms with Crippen LogP contribution in [0, 0.1) is 0 Å². The normalized spacial score (nSPS) is 12.5. The maximum absolute atomic E-state index is 12.4. The van der Waals surface area contributed by atoms with Crippen LogP contribution in [0.2, 0.25) is 0 Å². The predicted molar refractivity (Wildman–Crippen MR) is 116 cm³/mol. The van der Waals surface area contributed by atoms with Gasteiger partial charge in [-0.3, -0.25) is 19.3 Å². The fourth-order valence-electron chi connectivity index (χ4n) is 3.37. The molecule has 2 aromatic carbocycles. The Morgan fingerprint density at radius 1 is 0.939 bits per heavy atom. The zero-order valence-corrected chi connectivity index (χ0v) is 17.1. The molecule has 0 radical (unpaired) electrons. The number of benzene rings is 2. The van der Waals surface area contributed by atoms with Crippen molar-refractivity contribution in [1.29, 1.82) is 0 Å². The second kappa shape index (κ2) is 8.35. The average Bonchev–Trinajstić information content (AvgIpc) is 3.45. The molecule has 10 heteroatoms. The summed E-state index contributed by atoms with van der Waals surface area (Å²) in [7, 11) is 0. The molecule has 4 aromatic rings. The molecule has 2 aromatic heterocycles. The van der Waals surface area contributed by atoms with E-state index in [1.807, 2.05) is 0 Å². The van der Waals surface area contributed by atoms with Crippen molar-refractivity contribution in [2.45, 2.75) is 0 Å². The van der Waals surface area contributed by atoms with Crippen LogP contribution >= 0.6 is 0 Å². The van der Waals surface area contributed by atoms with Crippen LogP contribution in [0.15, 0.2) is 79.4 Å². The first kappa shape index (κ1) is 20.1. The quantitative estimate of drug-likeness (QED) is 0.458. The minimum absolute atomic E-state index is 0.303. The molecule has 0 unspecified atom stereocenters. The van der Waals surface area contributed by atoms with Crippen molar-refractivity contribution in [3.05, 3.63) is 90.5 Å². The van der Waals surface area contributed by atoms with Crippen LogP contribution in [-0.2, 0) is 4.79 Å². The van der Waals surface area contributed by atoms with E-state index in [9.17, 15) is 14.4 Å². The van der Waals surface area contributed by atoms with Crippen molar-refractivity contribution >= 4 is 23.4 Å². The highest BCUT2D eigenvalue weighted by Gasteiger charge is 2.36. The van der Waals surface area contributed by atoms with Gasteiger partial charge in [0.1, 0.15) is 18.6 Å². The second-order valence-electron chi connectivity index (χ2n) is 7.08. The summed E-state index contributed by atoms with van der Waals surface area (Å²) in [6.45, 7) is -0.373. The number of carbonyl (C=O) groups excluding carboxylic acids is 3. The highest BCUT2D eigenvalue weighted by Crippen LogP contribution is 2.24. The Kier molecular flexibility index (Phi) is 5.07. The summed E-state index contributed by atoms with van der Waals surface area (Å²) in [6, 6.07) is 16.5. The smallest absolute Gasteiger partial charge is 0.262 e. The minimum atomic E-state index is -0.488. The van der Waals surface area contributed by atoms with Gasteiger partial charge in [0.2, 0.25) is 11.8 Å². The lowest BCUT2D eigenvalue weighted by molar-refractivity contribution is -0.116. The Morgan fingerprint density at radius 3 is 2.33 bits per heavy atom. The van der Waals surface area contributed by atoms with Crippen molar-refractivity contribution < 1.29 is 19.1 Å². The van der Waals surface area contributed by atoms with Crippen LogP contribution in [0.25, 0.3) is 5.82 Å². The number of ether oxygens (including phenoxy) is 1. The largest absolute Gasteiger partial charge is 0.439 e. The molecule has 0 bridgehead atoms. The number of rotatable bonds is 6. The van der Waals surface area contributed by atoms with Crippen LogP contribution in [-0.4, -0.2) is 48.9 Å². The number of nitrogens with one attached hydrogen (secondary N) is 1. The van der Waals surface area contributed by atoms with Crippen LogP contribution < -0.4 is 10.1 Å². The number of nitrogens with zero attached hydrogens (tertiary/aromatic N) is 5. The minimum Gasteiger partial charge on any atom is -0.439 e. The van der Waals surface area contributed by atoms with Crippen molar-refractivity contribution in [2.24, 2.45) is 0 Å². The summed E-state index contributed by atoms with van der Waals surface area (Å²) < 4.78 is 7.33. The molecular weight excluding hydrogens is 424 g/mol. The summed E-state index contributed by atoms with van der Waals surface area (Å²) in [6.07, 6.45) is 4.77. The van der Waals surface area contributed by atoms with Crippen LogP contribution in [0.4, 0.5) is 5.69 Å². The van der Waals surface area contributed by atoms with E-state index in [2.05, 4.69) is 20.4 Å². The summed E-state index contributed by atoms with van der Waals surface area (Å²) >= 11 is 0. The molecule has 0 saturated heterocycles. The molecule has 10 nitrogen and oxygen atoms in total. The summed E-state index contributed by atoms with van der Waals surface area (Å²) in [4.78, 5) is 46.4. The van der Waals surface area contributed by atoms with Gasteiger partial charge in [-0.25, -0.2) is 14.6 Å². The number of anilines is 1. The maximum atomic E-state index is 12.4. The zero-order chi connectivity index (χ0) is 22.8. The standard InChI is InChI=1S/C23H16N6O4/c30-20(13-28-22(31)17-4-1-2-5-18(17)23(28)32)27-15-6-8-16(9-7-15)33-21-12-19(24-14-25-21)29-11-3-10-26-29/h1-12,14H,13H2,(H,27,30). The molecule has 3 amide bonds. The van der Waals surface area contributed by atoms with Gasteiger partial charge in [0.05, 0.1) is 11.1 Å². The Hall–Kier alpha value is -4.86. The summed E-state index contributed by atoms with van der Waals surface area (Å²) in [5.41, 5.74) is 1.10. The number of hydrogen-bond acceptors (Lipinski definition) is 7. The number of hydrogen-bond donors (Lipinski definition) is 1. The molecule has 5 rings (SSSR count). The number of fused-ring (bicyclic) bond motifs is 1. The topological polar surface area (TPSA) is 119 Å². The molecule has 0 saturated carbocycles. The molecule has 33 heavy (non-hydrogen) atoms. The highest BCUT2D eigenvalue weighted by atomic mass is 16.5. The van der Waals surface area contributed by atoms with Crippen LogP contribution in [0.1, 0.15) is 20.7 Å². The van der Waals surface area contributed by atoms with Crippen molar-refractivity contribution in [1.82, 2.24) is 24.6 Å². The predicted octanol–water partition coefficient (Wildman–Crippen LogP) is 2.69. The van der Waals surface area contributed by atoms with E-state index in [1.54, 1.807) is 77.7 Å². The summed E-state index contributed by atoms with van der Waals surface area (Å²) in [5, 5.41) is 6.79. The number of imide groups is 1. The van der Waals surface area contributed by atoms with E-state index in [0.717, 1.165) is 4.90 Å². The first-order valence-corrected chi connectivity index (χ1v) is 9.93. The molecular formula is C23H16N6O4. The zero-order valence-electron chi connectivity index (χ0n) is 17.1. The fourth-order valence-corrected chi connectivity index (χ4v) is 3.37. The van der Waals surface area contributed by atoms with Gasteiger partial charge in [-0.05, 0) is 42.5 Å². The van der Waals surface area contributed by atoms with Gasteiger partial charge in [0.25, 0.3) is 11.8 Å². The molecule has 0 atom stereocenters. The van der Waals surface area contributed by atoms with Crippen LogP contribution in [0.3, 0.4) is 0 Å². The van der Waals surface area contributed by atoms with Crippen LogP contribution in [0.5, 0.6) is 11.6 Å². The third-order valence-electron chi connectivity index (χ3n) is 4.91. The third-order valence-corrected chi connectivity index (χ3v) is 4.91. The van der Waals surface area contributed by atoms with Gasteiger partial charge in [-0.1, -0.05) is 12.1 Å². The second-order valence-corrected chi connectivity index (χ2v) is 7.08. The monoisotopic (exact) mass is 440 g/mol. The van der Waals surface area contributed by atoms with Gasteiger partial charge in [0, 0.05) is 24.1 Å². The van der Waals surface area contributed by atoms with E-state index >= 15 is 0 Å². The lowest BCUT2D eigenvalue weighted by atomic mass is 10.1. The van der Waals surface area contributed by atoms with E-state index in [4.69, 9.17) is 4.74 Å². The molecule has 1 aliphatic rings. The molecule has 0 fully saturated rings.